The Balaban J connectivity index is 2.30. The zero-order chi connectivity index (χ0) is 12.8. The monoisotopic (exact) mass is 240 g/mol. The zero-order valence-corrected chi connectivity index (χ0v) is 9.10. The number of carbonyl (C=O) groups is 4. The first-order valence-corrected chi connectivity index (χ1v) is 4.99. The second-order valence-corrected chi connectivity index (χ2v) is 3.23. The van der Waals surface area contributed by atoms with E-state index in [9.17, 15) is 19.2 Å². The second kappa shape index (κ2) is 5.78. The number of nitrogens with zero attached hydrogens (tertiary/aromatic N) is 1. The number of nitrogens with one attached hydrogen (secondary N) is 1. The standard InChI is InChI=1S/C10H12N2O5/c1-2-9(15)17-6-5-11-10(16)12-7(13)3-4-8(12)14/h2H,1,3-6H2,(H,11,16). The van der Waals surface area contributed by atoms with Gasteiger partial charge in [-0.1, -0.05) is 6.58 Å². The summed E-state index contributed by atoms with van der Waals surface area (Å²) in [5.41, 5.74) is 0. The van der Waals surface area contributed by atoms with Crippen LogP contribution in [0.1, 0.15) is 12.8 Å². The Morgan fingerprint density at radius 1 is 1.35 bits per heavy atom. The van der Waals surface area contributed by atoms with Crippen LogP contribution in [0.15, 0.2) is 12.7 Å². The summed E-state index contributed by atoms with van der Waals surface area (Å²) >= 11 is 0. The van der Waals surface area contributed by atoms with Gasteiger partial charge in [0.25, 0.3) is 0 Å². The molecule has 0 bridgehead atoms. The SMILES string of the molecule is C=CC(=O)OCCNC(=O)N1C(=O)CCC1=O. The van der Waals surface area contributed by atoms with Gasteiger partial charge in [-0.15, -0.1) is 0 Å². The van der Waals surface area contributed by atoms with Crippen molar-refractivity contribution in [2.45, 2.75) is 12.8 Å². The molecule has 1 heterocycles. The first-order chi connectivity index (χ1) is 8.06. The van der Waals surface area contributed by atoms with Gasteiger partial charge in [-0.25, -0.2) is 14.5 Å². The van der Waals surface area contributed by atoms with Gasteiger partial charge in [-0.3, -0.25) is 9.59 Å². The fourth-order valence-corrected chi connectivity index (χ4v) is 1.25. The van der Waals surface area contributed by atoms with Crippen molar-refractivity contribution < 1.29 is 23.9 Å². The Morgan fingerprint density at radius 3 is 2.47 bits per heavy atom. The van der Waals surface area contributed by atoms with Gasteiger partial charge < -0.3 is 10.1 Å². The van der Waals surface area contributed by atoms with Crippen molar-refractivity contribution in [1.29, 1.82) is 0 Å². The first-order valence-electron chi connectivity index (χ1n) is 4.99. The van der Waals surface area contributed by atoms with E-state index >= 15 is 0 Å². The number of hydrogen-bond acceptors (Lipinski definition) is 5. The number of likely N-dealkylation sites (tertiary alicyclic amines) is 1. The highest BCUT2D eigenvalue weighted by molar-refractivity contribution is 6.14. The lowest BCUT2D eigenvalue weighted by atomic mass is 10.4. The molecule has 0 unspecified atom stereocenters. The van der Waals surface area contributed by atoms with E-state index in [0.29, 0.717) is 4.90 Å². The molecular formula is C10H12N2O5. The Morgan fingerprint density at radius 2 is 1.94 bits per heavy atom. The van der Waals surface area contributed by atoms with Crippen LogP contribution >= 0.6 is 0 Å². The van der Waals surface area contributed by atoms with Crippen molar-refractivity contribution in [3.8, 4) is 0 Å². The summed E-state index contributed by atoms with van der Waals surface area (Å²) in [4.78, 5) is 44.9. The Kier molecular flexibility index (Phi) is 4.38. The number of urea groups is 1. The minimum absolute atomic E-state index is 0.0233. The van der Waals surface area contributed by atoms with Crippen molar-refractivity contribution in [1.82, 2.24) is 10.2 Å². The maximum Gasteiger partial charge on any atom is 0.331 e. The second-order valence-electron chi connectivity index (χ2n) is 3.23. The predicted octanol–water partition coefficient (Wildman–Crippen LogP) is -0.426. The Hall–Kier alpha value is -2.18. The van der Waals surface area contributed by atoms with E-state index in [0.717, 1.165) is 6.08 Å². The molecule has 1 saturated heterocycles. The molecule has 0 radical (unpaired) electrons. The molecule has 4 amide bonds. The van der Waals surface area contributed by atoms with Crippen LogP contribution in [0.3, 0.4) is 0 Å². The Bertz CT molecular complexity index is 361. The molecule has 0 aromatic rings. The van der Waals surface area contributed by atoms with Crippen LogP contribution in [0.2, 0.25) is 0 Å². The number of amides is 4. The van der Waals surface area contributed by atoms with Gasteiger partial charge in [0.15, 0.2) is 0 Å². The average Bonchev–Trinajstić information content (AvgIpc) is 2.64. The zero-order valence-electron chi connectivity index (χ0n) is 9.10. The summed E-state index contributed by atoms with van der Waals surface area (Å²) in [7, 11) is 0. The van der Waals surface area contributed by atoms with Crippen molar-refractivity contribution in [2.75, 3.05) is 13.2 Å². The van der Waals surface area contributed by atoms with Crippen molar-refractivity contribution in [2.24, 2.45) is 0 Å². The van der Waals surface area contributed by atoms with E-state index in [4.69, 9.17) is 0 Å². The molecule has 0 saturated carbocycles. The fourth-order valence-electron chi connectivity index (χ4n) is 1.25. The molecule has 1 fully saturated rings. The largest absolute Gasteiger partial charge is 0.461 e. The summed E-state index contributed by atoms with van der Waals surface area (Å²) in [5, 5.41) is 2.30. The van der Waals surface area contributed by atoms with Crippen molar-refractivity contribution in [3.63, 3.8) is 0 Å². The highest BCUT2D eigenvalue weighted by Gasteiger charge is 2.34. The van der Waals surface area contributed by atoms with E-state index in [2.05, 4.69) is 16.6 Å². The van der Waals surface area contributed by atoms with Gasteiger partial charge in [-0.2, -0.15) is 0 Å². The number of hydrogen-bond donors (Lipinski definition) is 1. The molecule has 0 aromatic carbocycles. The van der Waals surface area contributed by atoms with Gasteiger partial charge in [0.05, 0.1) is 6.54 Å². The minimum atomic E-state index is -0.785. The quantitative estimate of drug-likeness (QED) is 0.311. The maximum atomic E-state index is 11.4. The van der Waals surface area contributed by atoms with Crippen LogP contribution in [0, 0.1) is 0 Å². The number of ether oxygens (including phenoxy) is 1. The van der Waals surface area contributed by atoms with Crippen LogP contribution in [0.4, 0.5) is 4.79 Å². The lowest BCUT2D eigenvalue weighted by Gasteiger charge is -2.12. The van der Waals surface area contributed by atoms with Crippen LogP contribution in [0.25, 0.3) is 0 Å². The molecule has 1 N–H and O–H groups in total. The molecule has 0 atom stereocenters. The highest BCUT2D eigenvalue weighted by atomic mass is 16.5. The third-order valence-electron chi connectivity index (χ3n) is 2.04. The third-order valence-corrected chi connectivity index (χ3v) is 2.04. The normalized spacial score (nSPS) is 14.7. The van der Waals surface area contributed by atoms with Gasteiger partial charge in [0.2, 0.25) is 11.8 Å². The van der Waals surface area contributed by atoms with Crippen molar-refractivity contribution >= 4 is 23.8 Å². The Labute approximate surface area is 97.4 Å². The number of esters is 1. The summed E-state index contributed by atoms with van der Waals surface area (Å²) in [6.45, 7) is 3.17. The fraction of sp³-hybridized carbons (Fsp3) is 0.400. The molecule has 0 spiro atoms. The van der Waals surface area contributed by atoms with Crippen LogP contribution in [-0.2, 0) is 19.1 Å². The topological polar surface area (TPSA) is 92.8 Å². The van der Waals surface area contributed by atoms with Gasteiger partial charge >= 0.3 is 12.0 Å². The van der Waals surface area contributed by atoms with Gasteiger partial charge in [-0.05, 0) is 0 Å². The first kappa shape index (κ1) is 12.9. The van der Waals surface area contributed by atoms with Gasteiger partial charge in [0, 0.05) is 18.9 Å². The summed E-state index contributed by atoms with van der Waals surface area (Å²) in [6, 6.07) is -0.785. The maximum absolute atomic E-state index is 11.4. The molecule has 7 nitrogen and oxygen atoms in total. The van der Waals surface area contributed by atoms with E-state index in [-0.39, 0.29) is 26.0 Å². The van der Waals surface area contributed by atoms with E-state index < -0.39 is 23.8 Å². The molecule has 1 aliphatic rings. The van der Waals surface area contributed by atoms with Crippen LogP contribution < -0.4 is 5.32 Å². The van der Waals surface area contributed by atoms with Crippen LogP contribution in [0.5, 0.6) is 0 Å². The third kappa shape index (κ3) is 3.40. The average molecular weight is 240 g/mol. The van der Waals surface area contributed by atoms with Crippen LogP contribution in [-0.4, -0.2) is 41.9 Å². The summed E-state index contributed by atoms with van der Waals surface area (Å²) in [6.07, 6.45) is 1.10. The van der Waals surface area contributed by atoms with E-state index in [1.54, 1.807) is 0 Å². The summed E-state index contributed by atoms with van der Waals surface area (Å²) < 4.78 is 4.60. The predicted molar refractivity (Wildman–Crippen MR) is 55.6 cm³/mol. The summed E-state index contributed by atoms with van der Waals surface area (Å²) in [5.74, 6) is -1.64. The lowest BCUT2D eigenvalue weighted by molar-refractivity contribution is -0.138. The number of rotatable bonds is 4. The van der Waals surface area contributed by atoms with E-state index in [1.165, 1.54) is 0 Å². The molecule has 1 rings (SSSR count). The molecule has 1 aliphatic heterocycles. The smallest absolute Gasteiger partial charge is 0.331 e. The molecule has 92 valence electrons. The minimum Gasteiger partial charge on any atom is -0.461 e. The molecule has 0 aliphatic carbocycles. The number of imide groups is 3. The molecular weight excluding hydrogens is 228 g/mol. The number of carbonyl (C=O) groups excluding carboxylic acids is 4. The highest BCUT2D eigenvalue weighted by Crippen LogP contribution is 2.11. The molecule has 17 heavy (non-hydrogen) atoms. The molecule has 7 heteroatoms. The van der Waals surface area contributed by atoms with E-state index in [1.807, 2.05) is 0 Å². The lowest BCUT2D eigenvalue weighted by Crippen LogP contribution is -2.44. The molecule has 0 aromatic heterocycles. The van der Waals surface area contributed by atoms with Gasteiger partial charge in [0.1, 0.15) is 6.61 Å². The van der Waals surface area contributed by atoms with Crippen molar-refractivity contribution in [3.05, 3.63) is 12.7 Å².